The topological polar surface area (TPSA) is 88.4 Å². The van der Waals surface area contributed by atoms with E-state index < -0.39 is 0 Å². The van der Waals surface area contributed by atoms with Crippen LogP contribution in [0.3, 0.4) is 0 Å². The normalized spacial score (nSPS) is 27.4. The summed E-state index contributed by atoms with van der Waals surface area (Å²) < 4.78 is 5.90. The van der Waals surface area contributed by atoms with E-state index in [0.29, 0.717) is 34.2 Å². The molecule has 2 fully saturated rings. The van der Waals surface area contributed by atoms with Crippen molar-refractivity contribution in [2.75, 3.05) is 26.2 Å². The molecule has 3 aromatic rings. The van der Waals surface area contributed by atoms with Crippen LogP contribution in [0, 0.1) is 0 Å². The molecule has 0 radical (unpaired) electrons. The predicted molar refractivity (Wildman–Crippen MR) is 167 cm³/mol. The molecule has 41 heavy (non-hydrogen) atoms. The summed E-state index contributed by atoms with van der Waals surface area (Å²) >= 11 is 12.4. The Kier molecular flexibility index (Phi) is 10.2. The number of piperidine rings is 2. The fourth-order valence-electron chi connectivity index (χ4n) is 6.20. The zero-order valence-electron chi connectivity index (χ0n) is 23.5. The summed E-state index contributed by atoms with van der Waals surface area (Å²) in [7, 11) is 0. The molecule has 6 unspecified atom stereocenters. The van der Waals surface area contributed by atoms with Gasteiger partial charge < -0.3 is 26.4 Å². The molecule has 0 bridgehead atoms. The number of hydrogen-bond donors (Lipinski definition) is 4. The number of ether oxygens (including phenoxy) is 1. The summed E-state index contributed by atoms with van der Waals surface area (Å²) in [6, 6.07) is 24.8. The van der Waals surface area contributed by atoms with E-state index in [4.69, 9.17) is 33.7 Å². The molecule has 6 nitrogen and oxygen atoms in total. The van der Waals surface area contributed by atoms with Crippen LogP contribution in [0.4, 0.5) is 0 Å². The first-order valence-corrected chi connectivity index (χ1v) is 15.4. The zero-order valence-corrected chi connectivity index (χ0v) is 25.0. The average Bonchev–Trinajstić information content (AvgIpc) is 2.99. The lowest BCUT2D eigenvalue weighted by Crippen LogP contribution is -2.50. The van der Waals surface area contributed by atoms with Crippen molar-refractivity contribution in [2.24, 2.45) is 5.73 Å². The SMILES string of the molecule is CC1CC(C(=O)NC2CCNCC2c2ccccc2)c2cc(Cl)c(Cl)cc2O1.NC1CCNCC1c1ccccc1. The first-order valence-electron chi connectivity index (χ1n) is 14.6. The van der Waals surface area contributed by atoms with Crippen LogP contribution in [0.5, 0.6) is 5.75 Å². The summed E-state index contributed by atoms with van der Waals surface area (Å²) in [5.41, 5.74) is 9.50. The van der Waals surface area contributed by atoms with Crippen LogP contribution in [-0.2, 0) is 4.79 Å². The smallest absolute Gasteiger partial charge is 0.228 e. The largest absolute Gasteiger partial charge is 0.490 e. The van der Waals surface area contributed by atoms with Gasteiger partial charge in [0.1, 0.15) is 5.75 Å². The van der Waals surface area contributed by atoms with E-state index in [9.17, 15) is 4.79 Å². The molecule has 3 heterocycles. The molecule has 3 aliphatic heterocycles. The molecule has 0 aromatic heterocycles. The Bertz CT molecular complexity index is 1290. The predicted octanol–water partition coefficient (Wildman–Crippen LogP) is 5.60. The fraction of sp³-hybridized carbons (Fsp3) is 0.424. The summed E-state index contributed by atoms with van der Waals surface area (Å²) in [5, 5.41) is 11.0. The van der Waals surface area contributed by atoms with E-state index in [-0.39, 0.29) is 29.9 Å². The number of carbonyl (C=O) groups excluding carboxylic acids is 1. The number of rotatable bonds is 4. The van der Waals surface area contributed by atoms with Crippen molar-refractivity contribution in [3.8, 4) is 5.75 Å². The molecule has 5 N–H and O–H groups in total. The number of amides is 1. The minimum Gasteiger partial charge on any atom is -0.490 e. The molecule has 6 rings (SSSR count). The quantitative estimate of drug-likeness (QED) is 0.316. The minimum absolute atomic E-state index is 0.0302. The molecule has 3 aromatic carbocycles. The lowest BCUT2D eigenvalue weighted by atomic mass is 9.85. The van der Waals surface area contributed by atoms with Crippen molar-refractivity contribution in [3.63, 3.8) is 0 Å². The lowest BCUT2D eigenvalue weighted by molar-refractivity contribution is -0.124. The fourth-order valence-corrected chi connectivity index (χ4v) is 6.53. The van der Waals surface area contributed by atoms with E-state index in [0.717, 1.165) is 44.6 Å². The van der Waals surface area contributed by atoms with Crippen LogP contribution >= 0.6 is 23.2 Å². The van der Waals surface area contributed by atoms with Gasteiger partial charge in [-0.25, -0.2) is 0 Å². The van der Waals surface area contributed by atoms with E-state index in [1.807, 2.05) is 31.2 Å². The van der Waals surface area contributed by atoms with Crippen molar-refractivity contribution in [3.05, 3.63) is 99.5 Å². The first kappa shape index (κ1) is 29.9. The van der Waals surface area contributed by atoms with Crippen molar-refractivity contribution in [2.45, 2.75) is 62.1 Å². The number of carbonyl (C=O) groups is 1. The molecule has 3 aliphatic rings. The van der Waals surface area contributed by atoms with Crippen LogP contribution < -0.4 is 26.4 Å². The third kappa shape index (κ3) is 7.43. The van der Waals surface area contributed by atoms with Gasteiger partial charge in [0.15, 0.2) is 0 Å². The summed E-state index contributed by atoms with van der Waals surface area (Å²) in [6.07, 6.45) is 2.55. The second kappa shape index (κ2) is 14.0. The number of nitrogens with one attached hydrogen (secondary N) is 3. The molecular formula is C33H40Cl2N4O2. The van der Waals surface area contributed by atoms with Gasteiger partial charge in [0, 0.05) is 48.6 Å². The average molecular weight is 596 g/mol. The summed E-state index contributed by atoms with van der Waals surface area (Å²) in [4.78, 5) is 13.3. The third-order valence-corrected chi connectivity index (χ3v) is 9.16. The first-order chi connectivity index (χ1) is 19.9. The highest BCUT2D eigenvalue weighted by molar-refractivity contribution is 6.42. The molecule has 0 aliphatic carbocycles. The Labute approximate surface area is 253 Å². The second-order valence-electron chi connectivity index (χ2n) is 11.3. The molecule has 0 saturated carbocycles. The van der Waals surface area contributed by atoms with Gasteiger partial charge in [-0.15, -0.1) is 0 Å². The number of halogens is 2. The van der Waals surface area contributed by atoms with Crippen molar-refractivity contribution < 1.29 is 9.53 Å². The molecule has 218 valence electrons. The molecule has 0 spiro atoms. The number of fused-ring (bicyclic) bond motifs is 1. The Hall–Kier alpha value is -2.61. The number of hydrogen-bond acceptors (Lipinski definition) is 5. The molecular weight excluding hydrogens is 555 g/mol. The third-order valence-electron chi connectivity index (χ3n) is 8.44. The van der Waals surface area contributed by atoms with Crippen LogP contribution in [0.2, 0.25) is 10.0 Å². The number of benzene rings is 3. The van der Waals surface area contributed by atoms with Crippen LogP contribution in [0.25, 0.3) is 0 Å². The highest BCUT2D eigenvalue weighted by Crippen LogP contribution is 2.41. The van der Waals surface area contributed by atoms with Gasteiger partial charge >= 0.3 is 0 Å². The molecule has 2 saturated heterocycles. The standard InChI is InChI=1S/C22H24Cl2N2O2.C11H16N2/c1-13-9-16(15-10-18(23)19(24)11-21(15)28-13)22(27)26-20-7-8-25-12-17(20)14-5-3-2-4-6-14;12-11-6-7-13-8-10(11)9-4-2-1-3-5-9/h2-6,10-11,13,16-17,20,25H,7-9,12H2,1H3,(H,26,27);1-5,10-11,13H,6-8,12H2. The van der Waals surface area contributed by atoms with Gasteiger partial charge in [-0.1, -0.05) is 83.9 Å². The van der Waals surface area contributed by atoms with E-state index in [1.54, 1.807) is 12.1 Å². The molecule has 1 amide bonds. The van der Waals surface area contributed by atoms with Gasteiger partial charge in [0.2, 0.25) is 5.91 Å². The monoisotopic (exact) mass is 594 g/mol. The Balaban J connectivity index is 0.000000216. The van der Waals surface area contributed by atoms with E-state index in [2.05, 4.69) is 52.3 Å². The minimum atomic E-state index is -0.292. The number of nitrogens with two attached hydrogens (primary N) is 1. The summed E-state index contributed by atoms with van der Waals surface area (Å²) in [6.45, 7) is 5.81. The maximum atomic E-state index is 13.3. The molecule has 6 atom stereocenters. The Morgan fingerprint density at radius 2 is 1.46 bits per heavy atom. The Morgan fingerprint density at radius 1 is 0.878 bits per heavy atom. The lowest BCUT2D eigenvalue weighted by Gasteiger charge is -2.36. The maximum Gasteiger partial charge on any atom is 0.228 e. The van der Waals surface area contributed by atoms with Crippen LogP contribution in [0.15, 0.2) is 72.8 Å². The highest BCUT2D eigenvalue weighted by Gasteiger charge is 2.35. The zero-order chi connectivity index (χ0) is 28.8. The van der Waals surface area contributed by atoms with Gasteiger partial charge in [-0.2, -0.15) is 0 Å². The summed E-state index contributed by atoms with van der Waals surface area (Å²) in [5.74, 6) is 1.14. The van der Waals surface area contributed by atoms with E-state index >= 15 is 0 Å². The van der Waals surface area contributed by atoms with Gasteiger partial charge in [0.25, 0.3) is 0 Å². The molecule has 8 heteroatoms. The Morgan fingerprint density at radius 3 is 2.12 bits per heavy atom. The maximum absolute atomic E-state index is 13.3. The van der Waals surface area contributed by atoms with Gasteiger partial charge in [-0.3, -0.25) is 4.79 Å². The van der Waals surface area contributed by atoms with Crippen molar-refractivity contribution in [1.29, 1.82) is 0 Å². The van der Waals surface area contributed by atoms with Gasteiger partial charge in [0.05, 0.1) is 22.1 Å². The highest BCUT2D eigenvalue weighted by atomic mass is 35.5. The van der Waals surface area contributed by atoms with Gasteiger partial charge in [-0.05, 0) is 56.5 Å². The van der Waals surface area contributed by atoms with E-state index in [1.165, 1.54) is 11.1 Å². The van der Waals surface area contributed by atoms with Crippen molar-refractivity contribution in [1.82, 2.24) is 16.0 Å². The van der Waals surface area contributed by atoms with Crippen LogP contribution in [-0.4, -0.2) is 50.3 Å². The second-order valence-corrected chi connectivity index (χ2v) is 12.1. The van der Waals surface area contributed by atoms with Crippen molar-refractivity contribution >= 4 is 29.1 Å². The van der Waals surface area contributed by atoms with Crippen LogP contribution in [0.1, 0.15) is 60.6 Å².